The summed E-state index contributed by atoms with van der Waals surface area (Å²) in [4.78, 5) is 34.6. The highest BCUT2D eigenvalue weighted by atomic mass is 16.4. The van der Waals surface area contributed by atoms with Crippen LogP contribution in [0.3, 0.4) is 0 Å². The summed E-state index contributed by atoms with van der Waals surface area (Å²) in [6.45, 7) is 4.32. The number of nitrogens with one attached hydrogen (secondary N) is 1. The lowest BCUT2D eigenvalue weighted by Gasteiger charge is -2.20. The molecule has 2 amide bonds. The van der Waals surface area contributed by atoms with Gasteiger partial charge in [0.1, 0.15) is 0 Å². The number of rotatable bonds is 7. The summed E-state index contributed by atoms with van der Waals surface area (Å²) in [6.07, 6.45) is -0.448. The van der Waals surface area contributed by atoms with E-state index in [2.05, 4.69) is 5.32 Å². The lowest BCUT2D eigenvalue weighted by molar-refractivity contribution is -0.142. The maximum absolute atomic E-state index is 11.6. The van der Waals surface area contributed by atoms with Gasteiger partial charge >= 0.3 is 5.97 Å². The van der Waals surface area contributed by atoms with Crippen LogP contribution in [0, 0.1) is 5.92 Å². The number of aliphatic carboxylic acids is 1. The van der Waals surface area contributed by atoms with Crippen molar-refractivity contribution in [3.8, 4) is 0 Å². The fourth-order valence-corrected chi connectivity index (χ4v) is 1.23. The minimum Gasteiger partial charge on any atom is -0.481 e. The normalized spacial score (nSPS) is 12.1. The van der Waals surface area contributed by atoms with Gasteiger partial charge in [-0.15, -0.1) is 0 Å². The third-order valence-electron chi connectivity index (χ3n) is 2.18. The number of carboxylic acid groups (broad SMARTS) is 1. The van der Waals surface area contributed by atoms with Crippen molar-refractivity contribution >= 4 is 17.8 Å². The molecule has 0 aliphatic rings. The van der Waals surface area contributed by atoms with Gasteiger partial charge in [0.15, 0.2) is 0 Å². The van der Waals surface area contributed by atoms with Gasteiger partial charge in [-0.2, -0.15) is 0 Å². The zero-order chi connectivity index (χ0) is 14.3. The van der Waals surface area contributed by atoms with Gasteiger partial charge in [-0.25, -0.2) is 0 Å². The topological polar surface area (TPSA) is 113 Å². The monoisotopic (exact) mass is 259 g/mol. The van der Waals surface area contributed by atoms with Crippen molar-refractivity contribution in [2.45, 2.75) is 26.3 Å². The van der Waals surface area contributed by atoms with Crippen molar-refractivity contribution in [3.05, 3.63) is 0 Å². The molecular weight excluding hydrogens is 238 g/mol. The average Bonchev–Trinajstić information content (AvgIpc) is 2.24. The zero-order valence-corrected chi connectivity index (χ0v) is 11.0. The molecule has 0 aromatic heterocycles. The number of hydrogen-bond acceptors (Lipinski definition) is 4. The van der Waals surface area contributed by atoms with E-state index in [1.54, 1.807) is 0 Å². The minimum atomic E-state index is -1.14. The van der Waals surface area contributed by atoms with Crippen molar-refractivity contribution in [2.24, 2.45) is 11.7 Å². The molecule has 104 valence electrons. The quantitative estimate of drug-likeness (QED) is 0.544. The molecule has 0 bridgehead atoms. The predicted molar refractivity (Wildman–Crippen MR) is 65.7 cm³/mol. The first-order chi connectivity index (χ1) is 8.23. The Bertz CT molecular complexity index is 317. The van der Waals surface area contributed by atoms with E-state index in [4.69, 9.17) is 10.8 Å². The summed E-state index contributed by atoms with van der Waals surface area (Å²) in [5.41, 5.74) is 5.41. The molecule has 0 spiro atoms. The second-order valence-corrected chi connectivity index (χ2v) is 4.60. The van der Waals surface area contributed by atoms with Crippen molar-refractivity contribution in [2.75, 3.05) is 20.1 Å². The summed E-state index contributed by atoms with van der Waals surface area (Å²) in [6, 6.07) is -1.12. The van der Waals surface area contributed by atoms with Crippen molar-refractivity contribution in [1.29, 1.82) is 0 Å². The van der Waals surface area contributed by atoms with Crippen LogP contribution < -0.4 is 11.1 Å². The van der Waals surface area contributed by atoms with Crippen LogP contribution in [0.2, 0.25) is 0 Å². The fraction of sp³-hybridized carbons (Fsp3) is 0.727. The molecule has 1 atom stereocenters. The number of hydrogen-bond donors (Lipinski definition) is 3. The largest absolute Gasteiger partial charge is 0.481 e. The Labute approximate surface area is 106 Å². The summed E-state index contributed by atoms with van der Waals surface area (Å²) in [7, 11) is 1.42. The Morgan fingerprint density at radius 2 is 1.89 bits per heavy atom. The number of amides is 2. The molecule has 0 aromatic carbocycles. The molecule has 0 saturated carbocycles. The summed E-state index contributed by atoms with van der Waals surface area (Å²) in [5.74, 6) is -1.67. The van der Waals surface area contributed by atoms with E-state index in [0.717, 1.165) is 4.90 Å². The van der Waals surface area contributed by atoms with Crippen LogP contribution in [-0.4, -0.2) is 54.0 Å². The third kappa shape index (κ3) is 6.85. The van der Waals surface area contributed by atoms with E-state index in [9.17, 15) is 14.4 Å². The van der Waals surface area contributed by atoms with Crippen molar-refractivity contribution < 1.29 is 19.5 Å². The first-order valence-electron chi connectivity index (χ1n) is 5.73. The van der Waals surface area contributed by atoms with Crippen LogP contribution >= 0.6 is 0 Å². The first-order valence-corrected chi connectivity index (χ1v) is 5.73. The van der Waals surface area contributed by atoms with E-state index in [0.29, 0.717) is 12.5 Å². The second kappa shape index (κ2) is 7.65. The number of carbonyl (C=O) groups excluding carboxylic acids is 2. The van der Waals surface area contributed by atoms with E-state index in [-0.39, 0.29) is 12.5 Å². The van der Waals surface area contributed by atoms with Gasteiger partial charge in [0, 0.05) is 13.6 Å². The Hall–Kier alpha value is -1.63. The number of likely N-dealkylation sites (N-methyl/N-ethyl adjacent to an activating group) is 1. The van der Waals surface area contributed by atoms with Gasteiger partial charge in [0.25, 0.3) is 0 Å². The predicted octanol–water partition coefficient (Wildman–Crippen LogP) is -0.981. The fourth-order valence-electron chi connectivity index (χ4n) is 1.23. The van der Waals surface area contributed by atoms with E-state index in [1.165, 1.54) is 7.05 Å². The Balaban J connectivity index is 4.14. The molecule has 0 aliphatic carbocycles. The number of nitrogens with zero attached hydrogens (tertiary/aromatic N) is 1. The van der Waals surface area contributed by atoms with Crippen LogP contribution in [0.25, 0.3) is 0 Å². The molecule has 7 heteroatoms. The SMILES string of the molecule is CC(C)CNC(=O)CN(C)C(=O)C(N)CC(=O)O. The van der Waals surface area contributed by atoms with Crippen LogP contribution in [0.5, 0.6) is 0 Å². The van der Waals surface area contributed by atoms with Gasteiger partial charge in [-0.05, 0) is 5.92 Å². The molecule has 0 saturated heterocycles. The van der Waals surface area contributed by atoms with Crippen LogP contribution in [-0.2, 0) is 14.4 Å². The maximum atomic E-state index is 11.6. The molecule has 18 heavy (non-hydrogen) atoms. The highest BCUT2D eigenvalue weighted by molar-refractivity contribution is 5.89. The average molecular weight is 259 g/mol. The molecular formula is C11H21N3O4. The maximum Gasteiger partial charge on any atom is 0.305 e. The molecule has 7 nitrogen and oxygen atoms in total. The second-order valence-electron chi connectivity index (χ2n) is 4.60. The smallest absolute Gasteiger partial charge is 0.305 e. The summed E-state index contributed by atoms with van der Waals surface area (Å²) >= 11 is 0. The third-order valence-corrected chi connectivity index (χ3v) is 2.18. The van der Waals surface area contributed by atoms with Gasteiger partial charge in [-0.1, -0.05) is 13.8 Å². The highest BCUT2D eigenvalue weighted by Crippen LogP contribution is 1.95. The van der Waals surface area contributed by atoms with Crippen LogP contribution in [0.1, 0.15) is 20.3 Å². The van der Waals surface area contributed by atoms with Gasteiger partial charge in [0.05, 0.1) is 19.0 Å². The molecule has 0 rings (SSSR count). The van der Waals surface area contributed by atoms with Gasteiger partial charge in [0.2, 0.25) is 11.8 Å². The van der Waals surface area contributed by atoms with E-state index < -0.39 is 24.3 Å². The molecule has 0 aromatic rings. The van der Waals surface area contributed by atoms with E-state index in [1.807, 2.05) is 13.8 Å². The Kier molecular flexibility index (Phi) is 6.96. The minimum absolute atomic E-state index is 0.126. The molecule has 0 fully saturated rings. The summed E-state index contributed by atoms with van der Waals surface area (Å²) < 4.78 is 0. The Morgan fingerprint density at radius 3 is 2.33 bits per heavy atom. The number of nitrogens with two attached hydrogens (primary N) is 1. The van der Waals surface area contributed by atoms with Crippen LogP contribution in [0.15, 0.2) is 0 Å². The van der Waals surface area contributed by atoms with Crippen molar-refractivity contribution in [1.82, 2.24) is 10.2 Å². The molecule has 0 heterocycles. The van der Waals surface area contributed by atoms with Crippen molar-refractivity contribution in [3.63, 3.8) is 0 Å². The number of carboxylic acids is 1. The highest BCUT2D eigenvalue weighted by Gasteiger charge is 2.22. The van der Waals surface area contributed by atoms with Gasteiger partial charge in [-0.3, -0.25) is 14.4 Å². The molecule has 0 radical (unpaired) electrons. The lowest BCUT2D eigenvalue weighted by Crippen LogP contribution is -2.47. The Morgan fingerprint density at radius 1 is 1.33 bits per heavy atom. The molecule has 4 N–H and O–H groups in total. The first kappa shape index (κ1) is 16.4. The zero-order valence-electron chi connectivity index (χ0n) is 11.0. The molecule has 1 unspecified atom stereocenters. The lowest BCUT2D eigenvalue weighted by atomic mass is 10.2. The number of carbonyl (C=O) groups is 3. The van der Waals surface area contributed by atoms with Crippen LogP contribution in [0.4, 0.5) is 0 Å². The standard InChI is InChI=1S/C11H21N3O4/c1-7(2)5-13-9(15)6-14(3)11(18)8(12)4-10(16)17/h7-8H,4-6,12H2,1-3H3,(H,13,15)(H,16,17). The molecule has 0 aliphatic heterocycles. The van der Waals surface area contributed by atoms with E-state index >= 15 is 0 Å². The summed E-state index contributed by atoms with van der Waals surface area (Å²) in [5, 5.41) is 11.2. The van der Waals surface area contributed by atoms with Gasteiger partial charge < -0.3 is 21.1 Å².